The van der Waals surface area contributed by atoms with Gasteiger partial charge in [0.05, 0.1) is 39.6 Å². The fraction of sp³-hybridized carbons (Fsp3) is 0.727. The average Bonchev–Trinajstić information content (AvgIpc) is 3.62. The summed E-state index contributed by atoms with van der Waals surface area (Å²) >= 11 is 0. The minimum Gasteiger partial charge on any atom is -0.458 e. The second-order valence-electron chi connectivity index (χ2n) is 22.1. The van der Waals surface area contributed by atoms with E-state index >= 15 is 0 Å². The lowest BCUT2D eigenvalue weighted by Crippen LogP contribution is -2.50. The molecule has 3 atom stereocenters. The molecular formula is C55H92N8O16. The van der Waals surface area contributed by atoms with E-state index in [0.717, 1.165) is 38.5 Å². The Bertz CT molecular complexity index is 2050. The Morgan fingerprint density at radius 1 is 0.532 bits per heavy atom. The summed E-state index contributed by atoms with van der Waals surface area (Å²) in [6, 6.07) is 3.18. The molecule has 1 fully saturated rings. The van der Waals surface area contributed by atoms with Gasteiger partial charge in [-0.2, -0.15) is 0 Å². The number of rotatable bonds is 35. The summed E-state index contributed by atoms with van der Waals surface area (Å²) in [7, 11) is 0. The van der Waals surface area contributed by atoms with Gasteiger partial charge in [-0.05, 0) is 132 Å². The molecule has 1 aromatic rings. The summed E-state index contributed by atoms with van der Waals surface area (Å²) < 4.78 is 37.8. The quantitative estimate of drug-likeness (QED) is 0.0208. The maximum atomic E-state index is 13.5. The van der Waals surface area contributed by atoms with Crippen molar-refractivity contribution in [1.82, 2.24) is 31.9 Å². The number of unbranched alkanes of at least 4 members (excludes halogenated alkanes) is 1. The third-order valence-electron chi connectivity index (χ3n) is 11.3. The molecule has 1 saturated carbocycles. The first-order chi connectivity index (χ1) is 37.2. The predicted molar refractivity (Wildman–Crippen MR) is 293 cm³/mol. The summed E-state index contributed by atoms with van der Waals surface area (Å²) in [4.78, 5) is 116. The highest BCUT2D eigenvalue weighted by Crippen LogP contribution is 2.19. The SMILES string of the molecule is CC(C)(C)OC(=O)Nc1ccc(C(=O)NCCCC[C@H](NC(=O)COCCOCCNC(=O)CCC(NC(=O)CC[C@H](NC(=O)COCCOCCN)C(=O)OC(C)(C)C)C(=O)OC(C)(C)C)C(=O)NC2CCCCCC2)cc1. The van der Waals surface area contributed by atoms with E-state index in [0.29, 0.717) is 50.2 Å². The molecule has 79 heavy (non-hydrogen) atoms. The number of hydrogen-bond donors (Lipinski definition) is 8. The Hall–Kier alpha value is -5.95. The van der Waals surface area contributed by atoms with Crippen molar-refractivity contribution in [3.8, 4) is 0 Å². The molecule has 0 aliphatic heterocycles. The van der Waals surface area contributed by atoms with Crippen molar-refractivity contribution in [3.05, 3.63) is 29.8 Å². The number of carbonyl (C=O) groups is 9. The number of esters is 2. The van der Waals surface area contributed by atoms with E-state index in [9.17, 15) is 43.2 Å². The second kappa shape index (κ2) is 37.1. The van der Waals surface area contributed by atoms with Crippen LogP contribution in [0.3, 0.4) is 0 Å². The topological polar surface area (TPSA) is 328 Å². The molecule has 24 heteroatoms. The molecule has 1 aliphatic carbocycles. The monoisotopic (exact) mass is 1120 g/mol. The van der Waals surface area contributed by atoms with Crippen LogP contribution in [-0.4, -0.2) is 167 Å². The second-order valence-corrected chi connectivity index (χ2v) is 22.1. The minimum absolute atomic E-state index is 0.0259. The first-order valence-corrected chi connectivity index (χ1v) is 27.5. The van der Waals surface area contributed by atoms with E-state index in [1.54, 1.807) is 86.6 Å². The maximum absolute atomic E-state index is 13.5. The Morgan fingerprint density at radius 3 is 1.56 bits per heavy atom. The molecular weight excluding hydrogens is 1030 g/mol. The molecule has 9 N–H and O–H groups in total. The number of ether oxygens (including phenoxy) is 7. The first kappa shape index (κ1) is 69.2. The largest absolute Gasteiger partial charge is 0.458 e. The maximum Gasteiger partial charge on any atom is 0.412 e. The van der Waals surface area contributed by atoms with Gasteiger partial charge in [-0.25, -0.2) is 14.4 Å². The zero-order valence-corrected chi connectivity index (χ0v) is 48.2. The third-order valence-corrected chi connectivity index (χ3v) is 11.3. The van der Waals surface area contributed by atoms with Gasteiger partial charge in [0.25, 0.3) is 5.91 Å². The Morgan fingerprint density at radius 2 is 1.03 bits per heavy atom. The van der Waals surface area contributed by atoms with Gasteiger partial charge in [-0.15, -0.1) is 0 Å². The number of anilines is 1. The molecule has 1 aliphatic rings. The molecule has 1 unspecified atom stereocenters. The highest BCUT2D eigenvalue weighted by Gasteiger charge is 2.31. The molecule has 0 aromatic heterocycles. The van der Waals surface area contributed by atoms with E-state index in [1.165, 1.54) is 0 Å². The van der Waals surface area contributed by atoms with Crippen molar-refractivity contribution >= 4 is 59.2 Å². The van der Waals surface area contributed by atoms with Crippen LogP contribution >= 0.6 is 0 Å². The summed E-state index contributed by atoms with van der Waals surface area (Å²) in [5.41, 5.74) is 3.83. The lowest BCUT2D eigenvalue weighted by Gasteiger charge is -2.26. The van der Waals surface area contributed by atoms with Crippen molar-refractivity contribution < 1.29 is 76.3 Å². The lowest BCUT2D eigenvalue weighted by molar-refractivity contribution is -0.160. The molecule has 24 nitrogen and oxygen atoms in total. The Balaban J connectivity index is 1.81. The van der Waals surface area contributed by atoms with Crippen molar-refractivity contribution in [3.63, 3.8) is 0 Å². The number of hydrogen-bond acceptors (Lipinski definition) is 17. The fourth-order valence-corrected chi connectivity index (χ4v) is 7.64. The molecule has 0 bridgehead atoms. The highest BCUT2D eigenvalue weighted by molar-refractivity contribution is 5.95. The van der Waals surface area contributed by atoms with Crippen molar-refractivity contribution in [2.24, 2.45) is 5.73 Å². The number of benzene rings is 1. The molecule has 0 spiro atoms. The highest BCUT2D eigenvalue weighted by atomic mass is 16.6. The molecule has 448 valence electrons. The van der Waals surface area contributed by atoms with Gasteiger partial charge < -0.3 is 70.8 Å². The van der Waals surface area contributed by atoms with Gasteiger partial charge in [0, 0.05) is 49.8 Å². The third kappa shape index (κ3) is 34.6. The van der Waals surface area contributed by atoms with Gasteiger partial charge in [0.1, 0.15) is 48.1 Å². The molecule has 2 rings (SSSR count). The van der Waals surface area contributed by atoms with Crippen molar-refractivity contribution in [2.75, 3.05) is 77.8 Å². The van der Waals surface area contributed by atoms with Crippen LogP contribution in [0.25, 0.3) is 0 Å². The number of nitrogens with one attached hydrogen (secondary N) is 7. The van der Waals surface area contributed by atoms with Gasteiger partial charge in [-0.1, -0.05) is 25.7 Å². The van der Waals surface area contributed by atoms with Gasteiger partial charge >= 0.3 is 18.0 Å². The van der Waals surface area contributed by atoms with Gasteiger partial charge in [0.15, 0.2) is 0 Å². The summed E-state index contributed by atoms with van der Waals surface area (Å²) in [6.45, 7) is 16.2. The smallest absolute Gasteiger partial charge is 0.412 e. The van der Waals surface area contributed by atoms with Crippen LogP contribution in [0.2, 0.25) is 0 Å². The van der Waals surface area contributed by atoms with Crippen molar-refractivity contribution in [2.45, 2.75) is 187 Å². The number of nitrogens with two attached hydrogens (primary N) is 1. The van der Waals surface area contributed by atoms with Crippen LogP contribution in [0.5, 0.6) is 0 Å². The van der Waals surface area contributed by atoms with E-state index < -0.39 is 76.6 Å². The Labute approximate surface area is 466 Å². The minimum atomic E-state index is -1.21. The molecule has 1 aromatic carbocycles. The summed E-state index contributed by atoms with van der Waals surface area (Å²) in [5, 5.41) is 19.3. The fourth-order valence-electron chi connectivity index (χ4n) is 7.64. The average molecular weight is 1120 g/mol. The van der Waals surface area contributed by atoms with Crippen LogP contribution in [0.1, 0.15) is 156 Å². The van der Waals surface area contributed by atoms with Gasteiger partial charge in [0.2, 0.25) is 29.5 Å². The molecule has 7 amide bonds. The van der Waals surface area contributed by atoms with E-state index in [1.807, 2.05) is 0 Å². The van der Waals surface area contributed by atoms with Crippen LogP contribution in [0.15, 0.2) is 24.3 Å². The van der Waals surface area contributed by atoms with Crippen molar-refractivity contribution in [1.29, 1.82) is 0 Å². The summed E-state index contributed by atoms with van der Waals surface area (Å²) in [5.74, 6) is -4.26. The van der Waals surface area contributed by atoms with E-state index in [4.69, 9.17) is 38.9 Å². The van der Waals surface area contributed by atoms with Crippen LogP contribution in [-0.2, 0) is 66.7 Å². The number of amides is 7. The predicted octanol–water partition coefficient (Wildman–Crippen LogP) is 3.61. The summed E-state index contributed by atoms with van der Waals surface area (Å²) in [6.07, 6.45) is 6.07. The van der Waals surface area contributed by atoms with Crippen LogP contribution < -0.4 is 43.0 Å². The van der Waals surface area contributed by atoms with E-state index in [-0.39, 0.29) is 96.3 Å². The Kier molecular flexibility index (Phi) is 32.5. The van der Waals surface area contributed by atoms with Crippen LogP contribution in [0, 0.1) is 0 Å². The van der Waals surface area contributed by atoms with E-state index in [2.05, 4.69) is 37.2 Å². The first-order valence-electron chi connectivity index (χ1n) is 27.5. The molecule has 0 heterocycles. The number of carbonyl (C=O) groups excluding carboxylic acids is 9. The van der Waals surface area contributed by atoms with Gasteiger partial charge in [-0.3, -0.25) is 34.1 Å². The lowest BCUT2D eigenvalue weighted by atomic mass is 10.1. The molecule has 0 radical (unpaired) electrons. The standard InChI is InChI=1S/C55H92N8O16/c1-53(2,3)77-50(70)42(62-45(65)26-24-43(51(71)78-54(4,5)6)63-47(67)37-75-34-32-73-30-27-56)23-25-44(64)57-29-31-74-33-35-76-36-46(66)61-41(49(69)59-39-16-12-10-11-13-17-39)18-14-15-28-58-48(68)38-19-21-40(22-20-38)60-52(72)79-55(7,8)9/h19-22,39,41-43H,10-18,23-37,56H2,1-9H3,(H,57,64)(H,58,68)(H,59,69)(H,60,72)(H,61,66)(H,62,65)(H,63,67)/t41-,42?,43-/m0/s1. The zero-order chi connectivity index (χ0) is 58.9. The molecule has 0 saturated heterocycles. The zero-order valence-electron chi connectivity index (χ0n) is 48.2. The normalized spacial score (nSPS) is 14.3. The van der Waals surface area contributed by atoms with Crippen LogP contribution in [0.4, 0.5) is 10.5 Å².